The van der Waals surface area contributed by atoms with E-state index in [1.807, 2.05) is 4.57 Å². The van der Waals surface area contributed by atoms with E-state index in [-0.39, 0.29) is 17.3 Å². The van der Waals surface area contributed by atoms with Crippen LogP contribution in [0.2, 0.25) is 0 Å². The van der Waals surface area contributed by atoms with Crippen LogP contribution in [0.5, 0.6) is 0 Å². The first-order valence-corrected chi connectivity index (χ1v) is 9.48. The number of fused-ring (bicyclic) bond motifs is 2. The number of nitrogens with zero attached hydrogens (tertiary/aromatic N) is 3. The van der Waals surface area contributed by atoms with Crippen LogP contribution in [-0.2, 0) is 29.4 Å². The number of hydrogen-bond donors (Lipinski definition) is 0. The molecule has 0 atom stereocenters. The molecule has 0 fully saturated rings. The lowest BCUT2D eigenvalue weighted by atomic mass is 10.0. The molecule has 1 aromatic heterocycles. The summed E-state index contributed by atoms with van der Waals surface area (Å²) in [6.45, 7) is 0.856. The van der Waals surface area contributed by atoms with Gasteiger partial charge < -0.3 is 4.57 Å². The van der Waals surface area contributed by atoms with Crippen molar-refractivity contribution in [3.05, 3.63) is 41.4 Å². The Kier molecular flexibility index (Phi) is 3.59. The van der Waals surface area contributed by atoms with Gasteiger partial charge in [0.25, 0.3) is 10.0 Å². The minimum Gasteiger partial charge on any atom is -0.333 e. The molecular weight excluding hydrogens is 336 g/mol. The third-order valence-electron chi connectivity index (χ3n) is 4.65. The van der Waals surface area contributed by atoms with Crippen LogP contribution in [0.1, 0.15) is 30.7 Å². The maximum atomic E-state index is 14.3. The predicted octanol–water partition coefficient (Wildman–Crippen LogP) is 2.64. The third kappa shape index (κ3) is 2.31. The summed E-state index contributed by atoms with van der Waals surface area (Å²) < 4.78 is 56.7. The molecule has 0 bridgehead atoms. The van der Waals surface area contributed by atoms with Crippen molar-refractivity contribution in [3.8, 4) is 0 Å². The van der Waals surface area contributed by atoms with Gasteiger partial charge in [-0.15, -0.1) is 0 Å². The van der Waals surface area contributed by atoms with Gasteiger partial charge in [-0.05, 0) is 37.3 Å². The molecule has 0 N–H and O–H groups in total. The molecule has 2 aromatic rings. The Balaban J connectivity index is 1.82. The Labute approximate surface area is 139 Å². The van der Waals surface area contributed by atoms with E-state index in [1.54, 1.807) is 0 Å². The number of anilines is 1. The predicted molar refractivity (Wildman–Crippen MR) is 84.4 cm³/mol. The van der Waals surface area contributed by atoms with E-state index in [9.17, 15) is 17.2 Å². The van der Waals surface area contributed by atoms with Crippen molar-refractivity contribution in [2.75, 3.05) is 10.8 Å². The molecule has 1 aromatic carbocycles. The van der Waals surface area contributed by atoms with Crippen molar-refractivity contribution in [1.82, 2.24) is 9.55 Å². The van der Waals surface area contributed by atoms with Crippen molar-refractivity contribution in [2.45, 2.75) is 43.7 Å². The van der Waals surface area contributed by atoms with E-state index in [2.05, 4.69) is 4.98 Å². The maximum absolute atomic E-state index is 14.3. The standard InChI is InChI=1S/C16H17F2N3O2S/c17-12-7-6-11-4-3-9-21(16(11)15(12)18)24(22,23)14-10-20-8-2-1-5-13(20)19-14/h6-7,10H,1-5,8-9H2. The second kappa shape index (κ2) is 5.54. The van der Waals surface area contributed by atoms with Crippen LogP contribution in [-0.4, -0.2) is 24.5 Å². The summed E-state index contributed by atoms with van der Waals surface area (Å²) in [6, 6.07) is 2.49. The number of hydrogen-bond acceptors (Lipinski definition) is 3. The molecule has 4 rings (SSSR count). The molecule has 0 saturated carbocycles. The average molecular weight is 353 g/mol. The number of benzene rings is 1. The van der Waals surface area contributed by atoms with Gasteiger partial charge in [0.2, 0.25) is 0 Å². The van der Waals surface area contributed by atoms with Gasteiger partial charge in [0, 0.05) is 25.7 Å². The van der Waals surface area contributed by atoms with Crippen LogP contribution >= 0.6 is 0 Å². The second-order valence-electron chi connectivity index (χ2n) is 6.20. The topological polar surface area (TPSA) is 55.2 Å². The van der Waals surface area contributed by atoms with Gasteiger partial charge in [-0.2, -0.15) is 8.42 Å². The number of sulfonamides is 1. The monoisotopic (exact) mass is 353 g/mol. The highest BCUT2D eigenvalue weighted by Crippen LogP contribution is 2.35. The first-order valence-electron chi connectivity index (χ1n) is 8.04. The third-order valence-corrected chi connectivity index (χ3v) is 6.32. The van der Waals surface area contributed by atoms with Gasteiger partial charge in [0.15, 0.2) is 16.7 Å². The molecule has 0 radical (unpaired) electrons. The average Bonchev–Trinajstić information content (AvgIpc) is 3.03. The molecule has 2 aliphatic rings. The van der Waals surface area contributed by atoms with Crippen LogP contribution < -0.4 is 4.31 Å². The highest BCUT2D eigenvalue weighted by molar-refractivity contribution is 7.92. The van der Waals surface area contributed by atoms with Gasteiger partial charge in [0.1, 0.15) is 5.82 Å². The Morgan fingerprint density at radius 3 is 2.67 bits per heavy atom. The van der Waals surface area contributed by atoms with E-state index < -0.39 is 21.7 Å². The van der Waals surface area contributed by atoms with Crippen molar-refractivity contribution in [3.63, 3.8) is 0 Å². The number of aromatic nitrogens is 2. The molecular formula is C16H17F2N3O2S. The first-order chi connectivity index (χ1) is 11.5. The summed E-state index contributed by atoms with van der Waals surface area (Å²) in [4.78, 5) is 4.24. The van der Waals surface area contributed by atoms with Gasteiger partial charge in [0.05, 0.1) is 5.69 Å². The minimum absolute atomic E-state index is 0.0871. The van der Waals surface area contributed by atoms with Crippen LogP contribution in [0.4, 0.5) is 14.5 Å². The molecule has 0 aliphatic carbocycles. The smallest absolute Gasteiger partial charge is 0.283 e. The Morgan fingerprint density at radius 1 is 1.04 bits per heavy atom. The lowest BCUT2D eigenvalue weighted by molar-refractivity contribution is 0.503. The summed E-state index contributed by atoms with van der Waals surface area (Å²) >= 11 is 0. The number of halogens is 2. The van der Waals surface area contributed by atoms with Gasteiger partial charge in [-0.25, -0.2) is 13.8 Å². The molecule has 5 nitrogen and oxygen atoms in total. The van der Waals surface area contributed by atoms with Crippen LogP contribution in [0.25, 0.3) is 0 Å². The Hall–Kier alpha value is -1.96. The lowest BCUT2D eigenvalue weighted by Gasteiger charge is -2.30. The van der Waals surface area contributed by atoms with Crippen LogP contribution in [0.15, 0.2) is 23.4 Å². The second-order valence-corrected chi connectivity index (χ2v) is 8.00. The highest BCUT2D eigenvalue weighted by atomic mass is 32.2. The fraction of sp³-hybridized carbons (Fsp3) is 0.438. The summed E-state index contributed by atoms with van der Waals surface area (Å²) in [5.41, 5.74) is 0.333. The normalized spacial score (nSPS) is 17.5. The molecule has 0 amide bonds. The molecule has 8 heteroatoms. The first kappa shape index (κ1) is 15.6. The van der Waals surface area contributed by atoms with Crippen LogP contribution in [0, 0.1) is 11.6 Å². The largest absolute Gasteiger partial charge is 0.333 e. The maximum Gasteiger partial charge on any atom is 0.283 e. The number of aryl methyl sites for hydroxylation is 3. The van der Waals surface area contributed by atoms with E-state index in [4.69, 9.17) is 0 Å². The van der Waals surface area contributed by atoms with E-state index in [0.29, 0.717) is 18.4 Å². The Morgan fingerprint density at radius 2 is 1.88 bits per heavy atom. The zero-order valence-electron chi connectivity index (χ0n) is 13.0. The van der Waals surface area contributed by atoms with E-state index >= 15 is 0 Å². The molecule has 0 saturated heterocycles. The number of rotatable bonds is 2. The quantitative estimate of drug-likeness (QED) is 0.834. The summed E-state index contributed by atoms with van der Waals surface area (Å²) in [6.07, 6.45) is 5.28. The van der Waals surface area contributed by atoms with E-state index in [1.165, 1.54) is 12.3 Å². The SMILES string of the molecule is O=S(=O)(c1cn2c(n1)CCCC2)N1CCCc2ccc(F)c(F)c21. The molecule has 2 aliphatic heterocycles. The fourth-order valence-electron chi connectivity index (χ4n) is 3.44. The van der Waals surface area contributed by atoms with Gasteiger partial charge >= 0.3 is 0 Å². The highest BCUT2D eigenvalue weighted by Gasteiger charge is 2.34. The zero-order chi connectivity index (χ0) is 16.9. The lowest BCUT2D eigenvalue weighted by Crippen LogP contribution is -2.36. The van der Waals surface area contributed by atoms with Gasteiger partial charge in [-0.3, -0.25) is 4.31 Å². The molecule has 24 heavy (non-hydrogen) atoms. The van der Waals surface area contributed by atoms with Crippen molar-refractivity contribution in [2.24, 2.45) is 0 Å². The Bertz CT molecular complexity index is 885. The van der Waals surface area contributed by atoms with Crippen molar-refractivity contribution < 1.29 is 17.2 Å². The number of imidazole rings is 1. The summed E-state index contributed by atoms with van der Waals surface area (Å²) in [5.74, 6) is -1.42. The minimum atomic E-state index is -4.01. The zero-order valence-corrected chi connectivity index (χ0v) is 13.8. The molecule has 0 unspecified atom stereocenters. The van der Waals surface area contributed by atoms with Crippen molar-refractivity contribution >= 4 is 15.7 Å². The van der Waals surface area contributed by atoms with E-state index in [0.717, 1.165) is 42.0 Å². The molecule has 3 heterocycles. The summed E-state index contributed by atoms with van der Waals surface area (Å²) in [7, 11) is -4.01. The van der Waals surface area contributed by atoms with Crippen molar-refractivity contribution in [1.29, 1.82) is 0 Å². The van der Waals surface area contributed by atoms with Gasteiger partial charge in [-0.1, -0.05) is 6.07 Å². The fourth-order valence-corrected chi connectivity index (χ4v) is 4.95. The van der Waals surface area contributed by atoms with Crippen LogP contribution in [0.3, 0.4) is 0 Å². The molecule has 128 valence electrons. The summed E-state index contributed by atoms with van der Waals surface area (Å²) in [5, 5.41) is -0.0871. The molecule has 0 spiro atoms.